The lowest BCUT2D eigenvalue weighted by Crippen LogP contribution is -2.04. The number of hydrogen-bond acceptors (Lipinski definition) is 6. The van der Waals surface area contributed by atoms with Crippen LogP contribution in [0.4, 0.5) is 0 Å². The Morgan fingerprint density at radius 2 is 2.16 bits per heavy atom. The minimum atomic E-state index is -0.555. The number of hydrogen-bond donors (Lipinski definition) is 0. The molecule has 0 atom stereocenters. The van der Waals surface area contributed by atoms with Gasteiger partial charge in [0.2, 0.25) is 0 Å². The SMILES string of the molecule is C=C(C)COc1c(/C=C2/N=C(c3ccco3)OC2=O)cccc1OC. The topological polar surface area (TPSA) is 70.3 Å². The average Bonchev–Trinajstić information content (AvgIpc) is 3.23. The van der Waals surface area contributed by atoms with Gasteiger partial charge in [-0.25, -0.2) is 9.79 Å². The van der Waals surface area contributed by atoms with Crippen molar-refractivity contribution in [2.45, 2.75) is 6.92 Å². The van der Waals surface area contributed by atoms with Gasteiger partial charge in [0.15, 0.2) is 23.0 Å². The molecule has 0 amide bonds. The number of esters is 1. The molecule has 0 fully saturated rings. The van der Waals surface area contributed by atoms with Gasteiger partial charge in [0, 0.05) is 5.56 Å². The summed E-state index contributed by atoms with van der Waals surface area (Å²) in [4.78, 5) is 16.3. The van der Waals surface area contributed by atoms with E-state index < -0.39 is 5.97 Å². The molecule has 1 aliphatic heterocycles. The summed E-state index contributed by atoms with van der Waals surface area (Å²) in [6.07, 6.45) is 3.08. The third-order valence-corrected chi connectivity index (χ3v) is 3.34. The van der Waals surface area contributed by atoms with Gasteiger partial charge in [0.1, 0.15) is 6.61 Å². The van der Waals surface area contributed by atoms with E-state index in [0.29, 0.717) is 29.4 Å². The Bertz CT molecular complexity index is 862. The van der Waals surface area contributed by atoms with Crippen molar-refractivity contribution in [2.75, 3.05) is 13.7 Å². The predicted molar refractivity (Wildman–Crippen MR) is 92.6 cm³/mol. The van der Waals surface area contributed by atoms with Crippen LogP contribution in [0.2, 0.25) is 0 Å². The first-order chi connectivity index (χ1) is 12.1. The molecule has 0 saturated carbocycles. The van der Waals surface area contributed by atoms with Gasteiger partial charge in [-0.15, -0.1) is 0 Å². The summed E-state index contributed by atoms with van der Waals surface area (Å²) in [6, 6.07) is 8.74. The second kappa shape index (κ2) is 7.09. The zero-order valence-corrected chi connectivity index (χ0v) is 13.9. The minimum absolute atomic E-state index is 0.133. The van der Waals surface area contributed by atoms with E-state index >= 15 is 0 Å². The van der Waals surface area contributed by atoms with E-state index in [1.54, 1.807) is 43.5 Å². The Morgan fingerprint density at radius 1 is 1.32 bits per heavy atom. The molecule has 0 aliphatic carbocycles. The summed E-state index contributed by atoms with van der Waals surface area (Å²) in [5, 5.41) is 0. The van der Waals surface area contributed by atoms with Crippen molar-refractivity contribution in [3.05, 3.63) is 65.8 Å². The standard InChI is InChI=1S/C19H17NO5/c1-12(2)11-24-17-13(6-4-7-15(17)22-3)10-14-19(21)25-18(20-14)16-8-5-9-23-16/h4-10H,1,11H2,2-3H3/b14-10+. The number of benzene rings is 1. The number of ether oxygens (including phenoxy) is 3. The highest BCUT2D eigenvalue weighted by Crippen LogP contribution is 2.33. The summed E-state index contributed by atoms with van der Waals surface area (Å²) < 4.78 is 21.5. The molecular formula is C19H17NO5. The molecule has 1 aromatic heterocycles. The van der Waals surface area contributed by atoms with E-state index in [1.165, 1.54) is 6.26 Å². The molecule has 0 N–H and O–H groups in total. The molecule has 0 spiro atoms. The monoisotopic (exact) mass is 339 g/mol. The van der Waals surface area contributed by atoms with Gasteiger partial charge in [0.25, 0.3) is 5.90 Å². The van der Waals surface area contributed by atoms with Gasteiger partial charge >= 0.3 is 5.97 Å². The molecule has 25 heavy (non-hydrogen) atoms. The van der Waals surface area contributed by atoms with Crippen molar-refractivity contribution in [2.24, 2.45) is 4.99 Å². The minimum Gasteiger partial charge on any atom is -0.493 e. The van der Waals surface area contributed by atoms with Crippen LogP contribution in [0.25, 0.3) is 6.08 Å². The Balaban J connectivity index is 1.97. The fourth-order valence-corrected chi connectivity index (χ4v) is 2.22. The molecule has 0 unspecified atom stereocenters. The van der Waals surface area contributed by atoms with Crippen molar-refractivity contribution >= 4 is 17.9 Å². The van der Waals surface area contributed by atoms with E-state index in [4.69, 9.17) is 18.6 Å². The number of nitrogens with zero attached hydrogens (tertiary/aromatic N) is 1. The molecule has 6 nitrogen and oxygen atoms in total. The Kier molecular flexibility index (Phi) is 4.70. The highest BCUT2D eigenvalue weighted by molar-refractivity contribution is 6.12. The molecule has 2 heterocycles. The second-order valence-corrected chi connectivity index (χ2v) is 5.44. The summed E-state index contributed by atoms with van der Waals surface area (Å²) >= 11 is 0. The summed E-state index contributed by atoms with van der Waals surface area (Å²) in [5.74, 6) is 1.03. The lowest BCUT2D eigenvalue weighted by Gasteiger charge is -2.13. The second-order valence-electron chi connectivity index (χ2n) is 5.44. The highest BCUT2D eigenvalue weighted by Gasteiger charge is 2.26. The van der Waals surface area contributed by atoms with Gasteiger partial charge in [-0.1, -0.05) is 18.7 Å². The van der Waals surface area contributed by atoms with E-state index in [0.717, 1.165) is 5.57 Å². The predicted octanol–water partition coefficient (Wildman–Crippen LogP) is 3.59. The van der Waals surface area contributed by atoms with Crippen LogP contribution in [0, 0.1) is 0 Å². The van der Waals surface area contributed by atoms with Gasteiger partial charge in [-0.3, -0.25) is 0 Å². The van der Waals surface area contributed by atoms with Crippen molar-refractivity contribution in [1.29, 1.82) is 0 Å². The van der Waals surface area contributed by atoms with Crippen LogP contribution in [0.3, 0.4) is 0 Å². The molecule has 0 radical (unpaired) electrons. The van der Waals surface area contributed by atoms with Crippen LogP contribution in [0.15, 0.2) is 63.9 Å². The lowest BCUT2D eigenvalue weighted by molar-refractivity contribution is -0.130. The number of rotatable bonds is 6. The smallest absolute Gasteiger partial charge is 0.363 e. The molecule has 0 bridgehead atoms. The molecule has 2 aromatic rings. The fraction of sp³-hybridized carbons (Fsp3) is 0.158. The van der Waals surface area contributed by atoms with Crippen LogP contribution in [0.1, 0.15) is 18.2 Å². The molecule has 128 valence electrons. The number of methoxy groups -OCH3 is 1. The summed E-state index contributed by atoms with van der Waals surface area (Å²) in [7, 11) is 1.55. The Hall–Kier alpha value is -3.28. The molecular weight excluding hydrogens is 322 g/mol. The molecule has 1 aromatic carbocycles. The summed E-state index contributed by atoms with van der Waals surface area (Å²) in [6.45, 7) is 6.02. The molecule has 0 saturated heterocycles. The quantitative estimate of drug-likeness (QED) is 0.457. The van der Waals surface area contributed by atoms with E-state index in [-0.39, 0.29) is 11.6 Å². The summed E-state index contributed by atoms with van der Waals surface area (Å²) in [5.41, 5.74) is 1.67. The van der Waals surface area contributed by atoms with Crippen LogP contribution < -0.4 is 9.47 Å². The first-order valence-electron chi connectivity index (χ1n) is 7.59. The number of para-hydroxylation sites is 1. The average molecular weight is 339 g/mol. The number of furan rings is 1. The Morgan fingerprint density at radius 3 is 2.84 bits per heavy atom. The van der Waals surface area contributed by atoms with Crippen molar-refractivity contribution in [3.63, 3.8) is 0 Å². The number of cyclic esters (lactones) is 1. The van der Waals surface area contributed by atoms with Gasteiger partial charge < -0.3 is 18.6 Å². The van der Waals surface area contributed by atoms with Crippen LogP contribution in [-0.2, 0) is 9.53 Å². The van der Waals surface area contributed by atoms with E-state index in [1.807, 2.05) is 6.92 Å². The van der Waals surface area contributed by atoms with Gasteiger partial charge in [0.05, 0.1) is 13.4 Å². The number of aliphatic imine (C=N–C) groups is 1. The molecule has 3 rings (SSSR count). The van der Waals surface area contributed by atoms with Crippen molar-refractivity contribution < 1.29 is 23.4 Å². The first-order valence-corrected chi connectivity index (χ1v) is 7.59. The maximum atomic E-state index is 12.1. The third-order valence-electron chi connectivity index (χ3n) is 3.34. The lowest BCUT2D eigenvalue weighted by atomic mass is 10.1. The van der Waals surface area contributed by atoms with E-state index in [2.05, 4.69) is 11.6 Å². The zero-order chi connectivity index (χ0) is 17.8. The van der Waals surface area contributed by atoms with Crippen LogP contribution >= 0.6 is 0 Å². The highest BCUT2D eigenvalue weighted by atomic mass is 16.6. The first kappa shape index (κ1) is 16.6. The van der Waals surface area contributed by atoms with Gasteiger partial charge in [-0.2, -0.15) is 0 Å². The normalized spacial score (nSPS) is 15.0. The third kappa shape index (κ3) is 3.63. The zero-order valence-electron chi connectivity index (χ0n) is 13.9. The Labute approximate surface area is 145 Å². The van der Waals surface area contributed by atoms with Crippen LogP contribution in [0.5, 0.6) is 11.5 Å². The molecule has 1 aliphatic rings. The van der Waals surface area contributed by atoms with Crippen LogP contribution in [-0.4, -0.2) is 25.6 Å². The van der Waals surface area contributed by atoms with Crippen molar-refractivity contribution in [1.82, 2.24) is 0 Å². The van der Waals surface area contributed by atoms with Gasteiger partial charge in [-0.05, 0) is 36.8 Å². The van der Waals surface area contributed by atoms with E-state index in [9.17, 15) is 4.79 Å². The number of carbonyl (C=O) groups is 1. The maximum Gasteiger partial charge on any atom is 0.363 e. The van der Waals surface area contributed by atoms with Crippen molar-refractivity contribution in [3.8, 4) is 11.5 Å². The molecule has 6 heteroatoms. The number of carbonyl (C=O) groups excluding carboxylic acids is 1. The largest absolute Gasteiger partial charge is 0.493 e. The maximum absolute atomic E-state index is 12.1. The fourth-order valence-electron chi connectivity index (χ4n) is 2.22.